The van der Waals surface area contributed by atoms with Crippen LogP contribution in [0.25, 0.3) is 11.0 Å². The predicted octanol–water partition coefficient (Wildman–Crippen LogP) is 5.98. The van der Waals surface area contributed by atoms with Gasteiger partial charge in [0.15, 0.2) is 6.61 Å². The molecule has 1 heterocycles. The van der Waals surface area contributed by atoms with Crippen molar-refractivity contribution in [2.24, 2.45) is 0 Å². The Morgan fingerprint density at radius 2 is 1.66 bits per heavy atom. The summed E-state index contributed by atoms with van der Waals surface area (Å²) in [5.74, 6) is 2.55. The number of carbonyl (C=O) groups is 1. The molecule has 1 N–H and O–H groups in total. The number of imidazole rings is 1. The summed E-state index contributed by atoms with van der Waals surface area (Å²) in [5, 5.41) is 3.53. The lowest BCUT2D eigenvalue weighted by Gasteiger charge is -2.12. The monoisotopic (exact) mass is 491 g/mol. The van der Waals surface area contributed by atoms with Crippen LogP contribution in [0.3, 0.4) is 0 Å². The number of nitrogens with zero attached hydrogens (tertiary/aromatic N) is 2. The highest BCUT2D eigenvalue weighted by atomic mass is 35.5. The van der Waals surface area contributed by atoms with E-state index in [4.69, 9.17) is 26.1 Å². The normalized spacial score (nSPS) is 11.1. The molecule has 0 aliphatic rings. The number of halogens is 1. The predicted molar refractivity (Wildman–Crippen MR) is 139 cm³/mol. The minimum Gasteiger partial charge on any atom is -0.494 e. The van der Waals surface area contributed by atoms with Crippen molar-refractivity contribution >= 4 is 28.5 Å². The first-order chi connectivity index (χ1) is 17.0. The third-order valence-electron chi connectivity index (χ3n) is 5.70. The maximum absolute atomic E-state index is 12.3. The zero-order valence-corrected chi connectivity index (χ0v) is 20.8. The fourth-order valence-corrected chi connectivity index (χ4v) is 3.91. The minimum atomic E-state index is -0.216. The molecule has 3 aromatic carbocycles. The summed E-state index contributed by atoms with van der Waals surface area (Å²) in [6.45, 7) is 5.92. The highest BCUT2D eigenvalue weighted by Crippen LogP contribution is 2.20. The van der Waals surface area contributed by atoms with Gasteiger partial charge in [0.05, 0.1) is 24.2 Å². The Bertz CT molecular complexity index is 1250. The molecule has 182 valence electrons. The Hall–Kier alpha value is -3.51. The van der Waals surface area contributed by atoms with Crippen LogP contribution in [0, 0.1) is 0 Å². The summed E-state index contributed by atoms with van der Waals surface area (Å²) in [6.07, 6.45) is 0.812. The highest BCUT2D eigenvalue weighted by molar-refractivity contribution is 6.30. The number of para-hydroxylation sites is 2. The maximum atomic E-state index is 12.3. The number of amides is 1. The van der Waals surface area contributed by atoms with E-state index in [2.05, 4.69) is 35.9 Å². The quantitative estimate of drug-likeness (QED) is 0.262. The molecule has 0 aliphatic heterocycles. The number of aromatic nitrogens is 2. The molecule has 0 radical (unpaired) electrons. The lowest BCUT2D eigenvalue weighted by Crippen LogP contribution is -2.29. The molecule has 0 aliphatic carbocycles. The van der Waals surface area contributed by atoms with E-state index in [9.17, 15) is 4.79 Å². The van der Waals surface area contributed by atoms with Gasteiger partial charge in [0.1, 0.15) is 17.3 Å². The molecule has 1 aromatic heterocycles. The number of hydrogen-bond acceptors (Lipinski definition) is 4. The van der Waals surface area contributed by atoms with Crippen molar-refractivity contribution in [3.8, 4) is 11.5 Å². The van der Waals surface area contributed by atoms with Crippen LogP contribution >= 0.6 is 11.6 Å². The molecule has 35 heavy (non-hydrogen) atoms. The van der Waals surface area contributed by atoms with E-state index >= 15 is 0 Å². The average Bonchev–Trinajstić information content (AvgIpc) is 3.22. The third kappa shape index (κ3) is 6.76. The number of benzene rings is 3. The number of fused-ring (bicyclic) bond motifs is 1. The molecular formula is C28H30ClN3O3. The zero-order chi connectivity index (χ0) is 24.6. The van der Waals surface area contributed by atoms with Crippen molar-refractivity contribution in [1.82, 2.24) is 14.9 Å². The molecule has 0 atom stereocenters. The molecule has 0 saturated carbocycles. The second-order valence-electron chi connectivity index (χ2n) is 8.61. The lowest BCUT2D eigenvalue weighted by molar-refractivity contribution is -0.123. The van der Waals surface area contributed by atoms with Crippen LogP contribution in [0.1, 0.15) is 37.6 Å². The van der Waals surface area contributed by atoms with Gasteiger partial charge in [-0.25, -0.2) is 4.98 Å². The fourth-order valence-electron chi connectivity index (χ4n) is 3.78. The largest absolute Gasteiger partial charge is 0.494 e. The summed E-state index contributed by atoms with van der Waals surface area (Å²) in [5.41, 5.74) is 3.24. The van der Waals surface area contributed by atoms with Crippen molar-refractivity contribution in [2.45, 2.75) is 39.3 Å². The van der Waals surface area contributed by atoms with E-state index in [0.29, 0.717) is 29.8 Å². The van der Waals surface area contributed by atoms with Crippen LogP contribution in [0.4, 0.5) is 0 Å². The fraction of sp³-hybridized carbons (Fsp3) is 0.286. The first kappa shape index (κ1) is 24.6. The Balaban J connectivity index is 1.32. The van der Waals surface area contributed by atoms with E-state index in [1.54, 1.807) is 24.3 Å². The molecule has 0 bridgehead atoms. The van der Waals surface area contributed by atoms with E-state index in [-0.39, 0.29) is 12.5 Å². The van der Waals surface area contributed by atoms with E-state index < -0.39 is 0 Å². The van der Waals surface area contributed by atoms with Gasteiger partial charge >= 0.3 is 0 Å². The zero-order valence-electron chi connectivity index (χ0n) is 20.0. The Morgan fingerprint density at radius 1 is 0.971 bits per heavy atom. The van der Waals surface area contributed by atoms with Gasteiger partial charge in [-0.2, -0.15) is 0 Å². The second-order valence-corrected chi connectivity index (χ2v) is 9.05. The Kier molecular flexibility index (Phi) is 8.27. The average molecular weight is 492 g/mol. The SMILES string of the molecule is CC(C)c1ccc(OCCCn2c(CNC(=O)COc3ccc(Cl)cc3)nc3ccccc32)cc1. The molecule has 4 aromatic rings. The van der Waals surface area contributed by atoms with Crippen LogP contribution in [0.5, 0.6) is 11.5 Å². The molecule has 0 saturated heterocycles. The first-order valence-corrected chi connectivity index (χ1v) is 12.2. The number of carbonyl (C=O) groups excluding carboxylic acids is 1. The van der Waals surface area contributed by atoms with Gasteiger partial charge < -0.3 is 19.4 Å². The Morgan fingerprint density at radius 3 is 2.40 bits per heavy atom. The van der Waals surface area contributed by atoms with Crippen molar-refractivity contribution < 1.29 is 14.3 Å². The van der Waals surface area contributed by atoms with Gasteiger partial charge in [-0.15, -0.1) is 0 Å². The number of aryl methyl sites for hydroxylation is 1. The Labute approximate surface area is 210 Å². The first-order valence-electron chi connectivity index (χ1n) is 11.8. The molecule has 1 amide bonds. The summed E-state index contributed by atoms with van der Waals surface area (Å²) in [7, 11) is 0. The summed E-state index contributed by atoms with van der Waals surface area (Å²) >= 11 is 5.88. The van der Waals surface area contributed by atoms with Gasteiger partial charge in [-0.3, -0.25) is 4.79 Å². The standard InChI is InChI=1S/C28H30ClN3O3/c1-20(2)21-8-12-23(13-9-21)34-17-5-16-32-26-7-4-3-6-25(26)31-27(32)18-30-28(33)19-35-24-14-10-22(29)11-15-24/h3-4,6-15,20H,5,16-19H2,1-2H3,(H,30,33). The lowest BCUT2D eigenvalue weighted by atomic mass is 10.0. The molecule has 0 unspecified atom stereocenters. The van der Waals surface area contributed by atoms with Crippen molar-refractivity contribution in [1.29, 1.82) is 0 Å². The third-order valence-corrected chi connectivity index (χ3v) is 5.95. The van der Waals surface area contributed by atoms with Crippen LogP contribution < -0.4 is 14.8 Å². The summed E-state index contributed by atoms with van der Waals surface area (Å²) in [4.78, 5) is 17.1. The minimum absolute atomic E-state index is 0.0781. The molecule has 0 fully saturated rings. The molecular weight excluding hydrogens is 462 g/mol. The van der Waals surface area contributed by atoms with Gasteiger partial charge in [0.2, 0.25) is 0 Å². The highest BCUT2D eigenvalue weighted by Gasteiger charge is 2.12. The van der Waals surface area contributed by atoms with E-state index in [1.807, 2.05) is 36.4 Å². The second kappa shape index (κ2) is 11.8. The number of ether oxygens (including phenoxy) is 2. The van der Waals surface area contributed by atoms with Crippen LogP contribution in [-0.4, -0.2) is 28.7 Å². The van der Waals surface area contributed by atoms with Crippen molar-refractivity contribution in [3.05, 3.63) is 89.2 Å². The van der Waals surface area contributed by atoms with E-state index in [0.717, 1.165) is 35.6 Å². The van der Waals surface area contributed by atoms with Gasteiger partial charge in [-0.1, -0.05) is 49.7 Å². The van der Waals surface area contributed by atoms with Crippen LogP contribution in [-0.2, 0) is 17.9 Å². The van der Waals surface area contributed by atoms with Crippen molar-refractivity contribution in [2.75, 3.05) is 13.2 Å². The number of hydrogen-bond donors (Lipinski definition) is 1. The number of nitrogens with one attached hydrogen (secondary N) is 1. The van der Waals surface area contributed by atoms with Gasteiger partial charge in [-0.05, 0) is 66.4 Å². The molecule has 7 heteroatoms. The van der Waals surface area contributed by atoms with E-state index in [1.165, 1.54) is 5.56 Å². The van der Waals surface area contributed by atoms with Gasteiger partial charge in [0.25, 0.3) is 5.91 Å². The topological polar surface area (TPSA) is 65.4 Å². The molecule has 4 rings (SSSR count). The van der Waals surface area contributed by atoms with Crippen molar-refractivity contribution in [3.63, 3.8) is 0 Å². The van der Waals surface area contributed by atoms with Gasteiger partial charge in [0, 0.05) is 11.6 Å². The summed E-state index contributed by atoms with van der Waals surface area (Å²) < 4.78 is 13.6. The molecule has 6 nitrogen and oxygen atoms in total. The number of rotatable bonds is 11. The summed E-state index contributed by atoms with van der Waals surface area (Å²) in [6, 6.07) is 23.2. The van der Waals surface area contributed by atoms with Crippen LogP contribution in [0.15, 0.2) is 72.8 Å². The van der Waals surface area contributed by atoms with Crippen LogP contribution in [0.2, 0.25) is 5.02 Å². The smallest absolute Gasteiger partial charge is 0.258 e. The maximum Gasteiger partial charge on any atom is 0.258 e. The molecule has 0 spiro atoms.